The lowest BCUT2D eigenvalue weighted by Gasteiger charge is -2.13. The van der Waals surface area contributed by atoms with Gasteiger partial charge in [0.05, 0.1) is 43.2 Å². The molecule has 4 N–H and O–H groups in total. The van der Waals surface area contributed by atoms with Crippen LogP contribution in [0.1, 0.15) is 44.5 Å². The van der Waals surface area contributed by atoms with Crippen molar-refractivity contribution in [2.75, 3.05) is 17.2 Å². The average Bonchev–Trinajstić information content (AvgIpc) is 3.93. The van der Waals surface area contributed by atoms with Gasteiger partial charge >= 0.3 is 6.18 Å². The standard InChI is InChI=1S/C25H22Cl2N2O2.C21H12Cl2F3N3O.C9H7N2/c1-4-31-29-22-14-18(25(30)28-19-11-8-15(2)16(3)12-19)10-9-17(22)13-23(29)24-20(26)6-5-7-21(24)27;22-14-2-1-3-15(23)19(14)17-8-11-4-5-12(9-16(11)29-17)20(30)28-13-6-7-18(27-10-13)21(24,25)26;10-9-6-5-7-3-1-2-4-8(7)11-9/h5-14H,4H2,1-3H3,(H,28,30);1-10,29H,(H,28,30);1-6H,(H-,10,11)/q;;-1. The number of fused-ring (bicyclic) bond motifs is 3. The molecule has 0 aliphatic rings. The van der Waals surface area contributed by atoms with Gasteiger partial charge in [0.15, 0.2) is 0 Å². The van der Waals surface area contributed by atoms with Gasteiger partial charge in [0.1, 0.15) is 12.3 Å². The first-order valence-electron chi connectivity index (χ1n) is 22.1. The highest BCUT2D eigenvalue weighted by Gasteiger charge is 2.32. The zero-order valence-electron chi connectivity index (χ0n) is 38.4. The lowest BCUT2D eigenvalue weighted by Crippen LogP contribution is -2.14. The fourth-order valence-electron chi connectivity index (χ4n) is 7.59. The number of aromatic amines is 1. The molecular weight excluding hydrogens is 1010 g/mol. The largest absolute Gasteiger partial charge is 0.482 e. The number of pyridine rings is 2. The molecule has 0 spiro atoms. The van der Waals surface area contributed by atoms with Crippen LogP contribution in [0.25, 0.3) is 61.0 Å². The molecule has 72 heavy (non-hydrogen) atoms. The van der Waals surface area contributed by atoms with Crippen molar-refractivity contribution in [3.8, 4) is 22.5 Å². The first-order chi connectivity index (χ1) is 34.5. The van der Waals surface area contributed by atoms with E-state index >= 15 is 0 Å². The number of H-pyrrole nitrogens is 1. The second-order valence-electron chi connectivity index (χ2n) is 16.2. The van der Waals surface area contributed by atoms with Crippen molar-refractivity contribution in [3.63, 3.8) is 0 Å². The van der Waals surface area contributed by atoms with Gasteiger partial charge in [-0.2, -0.15) is 17.9 Å². The number of halogens is 7. The van der Waals surface area contributed by atoms with Crippen LogP contribution in [-0.2, 0) is 6.18 Å². The molecule has 17 heteroatoms. The number of hydrogen-bond acceptors (Lipinski definition) is 5. The molecule has 0 saturated heterocycles. The van der Waals surface area contributed by atoms with E-state index in [0.29, 0.717) is 66.0 Å². The van der Waals surface area contributed by atoms with Gasteiger partial charge < -0.3 is 31.2 Å². The van der Waals surface area contributed by atoms with Crippen molar-refractivity contribution in [2.45, 2.75) is 26.9 Å². The third kappa shape index (κ3) is 11.6. The Morgan fingerprint density at radius 3 is 1.90 bits per heavy atom. The Balaban J connectivity index is 0.000000159. The van der Waals surface area contributed by atoms with Crippen molar-refractivity contribution < 1.29 is 27.6 Å². The Bertz CT molecular complexity index is 3600. The molecule has 10 nitrogen and oxygen atoms in total. The third-order valence-electron chi connectivity index (χ3n) is 11.3. The molecule has 0 aliphatic carbocycles. The van der Waals surface area contributed by atoms with Crippen molar-refractivity contribution in [3.05, 3.63) is 212 Å². The molecule has 4 heterocycles. The smallest absolute Gasteiger partial charge is 0.433 e. The molecule has 10 aromatic rings. The van der Waals surface area contributed by atoms with Crippen LogP contribution in [0.3, 0.4) is 0 Å². The Morgan fingerprint density at radius 1 is 0.653 bits per heavy atom. The van der Waals surface area contributed by atoms with E-state index in [4.69, 9.17) is 57.0 Å². The van der Waals surface area contributed by atoms with Crippen LogP contribution in [0.5, 0.6) is 0 Å². The maximum Gasteiger partial charge on any atom is 0.433 e. The summed E-state index contributed by atoms with van der Waals surface area (Å²) in [6, 6.07) is 44.1. The van der Waals surface area contributed by atoms with Crippen LogP contribution in [0.2, 0.25) is 20.1 Å². The number of aryl methyl sites for hydroxylation is 2. The molecule has 0 atom stereocenters. The first-order valence-corrected chi connectivity index (χ1v) is 23.6. The summed E-state index contributed by atoms with van der Waals surface area (Å²) in [5, 5.41) is 10.4. The predicted molar refractivity (Wildman–Crippen MR) is 285 cm³/mol. The number of alkyl halides is 3. The molecule has 0 aliphatic heterocycles. The van der Waals surface area contributed by atoms with Gasteiger partial charge in [-0.25, -0.2) is 4.98 Å². The molecule has 0 fully saturated rings. The fourth-order valence-corrected chi connectivity index (χ4v) is 8.78. The van der Waals surface area contributed by atoms with Crippen molar-refractivity contribution in [1.82, 2.24) is 19.7 Å². The van der Waals surface area contributed by atoms with Gasteiger partial charge in [0.25, 0.3) is 11.8 Å². The molecule has 0 saturated carbocycles. The molecular formula is C55H41Cl4F3N7O3-. The van der Waals surface area contributed by atoms with Crippen molar-refractivity contribution in [2.24, 2.45) is 0 Å². The van der Waals surface area contributed by atoms with Gasteiger partial charge in [-0.3, -0.25) is 9.59 Å². The molecule has 364 valence electrons. The molecule has 4 aromatic heterocycles. The summed E-state index contributed by atoms with van der Waals surface area (Å²) < 4.78 is 39.5. The second-order valence-corrected chi connectivity index (χ2v) is 17.8. The second kappa shape index (κ2) is 21.8. The Morgan fingerprint density at radius 2 is 1.26 bits per heavy atom. The van der Waals surface area contributed by atoms with Gasteiger partial charge in [-0.1, -0.05) is 119 Å². The number of amides is 2. The summed E-state index contributed by atoms with van der Waals surface area (Å²) in [5.74, 6) is -0.346. The number of rotatable bonds is 8. The highest BCUT2D eigenvalue weighted by atomic mass is 35.5. The predicted octanol–water partition coefficient (Wildman–Crippen LogP) is 16.7. The minimum atomic E-state index is -4.54. The van der Waals surface area contributed by atoms with E-state index in [0.717, 1.165) is 62.5 Å². The Labute approximate surface area is 431 Å². The van der Waals surface area contributed by atoms with Gasteiger partial charge in [0, 0.05) is 49.9 Å². The summed E-state index contributed by atoms with van der Waals surface area (Å²) >= 11 is 25.4. The summed E-state index contributed by atoms with van der Waals surface area (Å²) in [5.41, 5.74) is 15.4. The van der Waals surface area contributed by atoms with Crippen LogP contribution >= 0.6 is 46.4 Å². The maximum absolute atomic E-state index is 12.9. The molecule has 0 bridgehead atoms. The van der Waals surface area contributed by atoms with E-state index in [9.17, 15) is 22.8 Å². The number of nitrogens with one attached hydrogen (secondary N) is 4. The summed E-state index contributed by atoms with van der Waals surface area (Å²) in [6.45, 7) is 6.41. The van der Waals surface area contributed by atoms with Crippen molar-refractivity contribution in [1.29, 1.82) is 0 Å². The minimum Gasteiger partial charge on any atom is -0.482 e. The van der Waals surface area contributed by atoms with E-state index in [1.165, 1.54) is 5.56 Å². The van der Waals surface area contributed by atoms with E-state index in [-0.39, 0.29) is 11.6 Å². The Hall–Kier alpha value is -7.55. The third-order valence-corrected chi connectivity index (χ3v) is 12.6. The molecule has 0 radical (unpaired) electrons. The monoisotopic (exact) mass is 1040 g/mol. The van der Waals surface area contributed by atoms with Crippen LogP contribution in [0, 0.1) is 13.8 Å². The number of aromatic nitrogens is 4. The first kappa shape index (κ1) is 50.8. The summed E-state index contributed by atoms with van der Waals surface area (Å²) in [6.07, 6.45) is -3.57. The SMILES string of the molecule is CCOn1c(-c2c(Cl)cccc2Cl)cc2ccc(C(=O)Nc3ccc(C)c(C)c3)cc21.O=C(Nc1ccc(C(F)(F)F)nc1)c1ccc2cc(-c3c(Cl)cccc3Cl)[nH]c2c1.[NH-]c1ccc2ccccc2n1. The van der Waals surface area contributed by atoms with Gasteiger partial charge in [0.2, 0.25) is 0 Å². The number of anilines is 2. The fraction of sp³-hybridized carbons (Fsp3) is 0.0909. The maximum atomic E-state index is 12.9. The zero-order chi connectivity index (χ0) is 51.3. The van der Waals surface area contributed by atoms with Crippen LogP contribution in [0.4, 0.5) is 30.4 Å². The molecule has 10 rings (SSSR count). The van der Waals surface area contributed by atoms with Crippen LogP contribution in [-0.4, -0.2) is 38.1 Å². The van der Waals surface area contributed by atoms with Crippen LogP contribution < -0.4 is 15.5 Å². The van der Waals surface area contributed by atoms with E-state index in [2.05, 4.69) is 25.6 Å². The number of benzene rings is 6. The Kier molecular flexibility index (Phi) is 15.4. The highest BCUT2D eigenvalue weighted by molar-refractivity contribution is 6.40. The minimum absolute atomic E-state index is 0.156. The topological polar surface area (TPSA) is 138 Å². The lowest BCUT2D eigenvalue weighted by molar-refractivity contribution is -0.141. The van der Waals surface area contributed by atoms with E-state index in [1.54, 1.807) is 71.5 Å². The average molecular weight is 1050 g/mol. The van der Waals surface area contributed by atoms with Gasteiger partial charge in [-0.05, 0) is 128 Å². The molecule has 0 unspecified atom stereocenters. The summed E-state index contributed by atoms with van der Waals surface area (Å²) in [4.78, 5) is 41.9. The number of nitrogens with zero attached hydrogens (tertiary/aromatic N) is 3. The molecule has 2 amide bonds. The number of carbonyl (C=O) groups excluding carboxylic acids is 2. The highest BCUT2D eigenvalue weighted by Crippen LogP contribution is 2.39. The number of carbonyl (C=O) groups is 2. The number of hydrogen-bond donors (Lipinski definition) is 3. The lowest BCUT2D eigenvalue weighted by atomic mass is 10.1. The zero-order valence-corrected chi connectivity index (χ0v) is 41.5. The quantitative estimate of drug-likeness (QED) is 0.139. The number of para-hydroxylation sites is 1. The normalized spacial score (nSPS) is 11.1. The van der Waals surface area contributed by atoms with Gasteiger partial charge in [-0.15, -0.1) is 0 Å². The summed E-state index contributed by atoms with van der Waals surface area (Å²) in [7, 11) is 0. The van der Waals surface area contributed by atoms with Crippen LogP contribution in [0.15, 0.2) is 158 Å². The van der Waals surface area contributed by atoms with Crippen molar-refractivity contribution >= 4 is 108 Å². The van der Waals surface area contributed by atoms with E-state index < -0.39 is 17.8 Å². The van der Waals surface area contributed by atoms with E-state index in [1.807, 2.05) is 93.6 Å². The molecule has 6 aromatic carbocycles.